The molecule has 0 fully saturated rings. The van der Waals surface area contributed by atoms with Crippen LogP contribution >= 0.6 is 0 Å². The Balaban J connectivity index is 2.43. The summed E-state index contributed by atoms with van der Waals surface area (Å²) in [6, 6.07) is 5.45. The lowest BCUT2D eigenvalue weighted by Gasteiger charge is -2.08. The number of rotatable bonds is 3. The van der Waals surface area contributed by atoms with Crippen LogP contribution in [0.2, 0.25) is 0 Å². The van der Waals surface area contributed by atoms with Crippen LogP contribution in [0.25, 0.3) is 11.4 Å². The quantitative estimate of drug-likeness (QED) is 0.926. The number of halogens is 2. The van der Waals surface area contributed by atoms with Gasteiger partial charge in [0.1, 0.15) is 0 Å². The smallest absolute Gasteiger partial charge is 0.159 e. The van der Waals surface area contributed by atoms with E-state index in [0.29, 0.717) is 17.8 Å². The van der Waals surface area contributed by atoms with E-state index in [0.717, 1.165) is 23.5 Å². The van der Waals surface area contributed by atoms with Gasteiger partial charge in [-0.2, -0.15) is 0 Å². The molecule has 2 N–H and O–H groups in total. The van der Waals surface area contributed by atoms with Gasteiger partial charge < -0.3 is 5.73 Å². The molecule has 0 aliphatic rings. The van der Waals surface area contributed by atoms with Crippen molar-refractivity contribution in [3.63, 3.8) is 0 Å². The minimum atomic E-state index is -0.906. The lowest BCUT2D eigenvalue weighted by molar-refractivity contribution is 0.509. The molecule has 1 atom stereocenters. The Bertz CT molecular complexity index is 597. The zero-order valence-corrected chi connectivity index (χ0v) is 10.8. The number of hydrogen-bond donors (Lipinski definition) is 1. The van der Waals surface area contributed by atoms with Gasteiger partial charge in [-0.05, 0) is 38.1 Å². The molecule has 0 saturated carbocycles. The molecule has 2 rings (SSSR count). The Labute approximate surface area is 110 Å². The van der Waals surface area contributed by atoms with Crippen LogP contribution in [0.5, 0.6) is 0 Å². The lowest BCUT2D eigenvalue weighted by atomic mass is 10.1. The Morgan fingerprint density at radius 3 is 2.53 bits per heavy atom. The van der Waals surface area contributed by atoms with E-state index < -0.39 is 11.6 Å². The molecule has 0 bridgehead atoms. The second kappa shape index (κ2) is 5.40. The van der Waals surface area contributed by atoms with Crippen LogP contribution in [0.4, 0.5) is 8.78 Å². The topological polar surface area (TPSA) is 51.8 Å². The minimum Gasteiger partial charge on any atom is -0.328 e. The van der Waals surface area contributed by atoms with Crippen molar-refractivity contribution in [3.05, 3.63) is 47.3 Å². The first-order valence-electron chi connectivity index (χ1n) is 6.01. The summed E-state index contributed by atoms with van der Waals surface area (Å²) in [4.78, 5) is 8.58. The summed E-state index contributed by atoms with van der Waals surface area (Å²) >= 11 is 0. The lowest BCUT2D eigenvalue weighted by Crippen LogP contribution is -2.19. The standard InChI is InChI=1S/C14H15F2N3/c1-8(17)5-11-6-9(2)18-14(19-11)10-3-4-12(15)13(16)7-10/h3-4,6-8H,5,17H2,1-2H3. The molecular weight excluding hydrogens is 248 g/mol. The maximum atomic E-state index is 13.2. The molecule has 1 aromatic carbocycles. The van der Waals surface area contributed by atoms with E-state index in [1.165, 1.54) is 6.07 Å². The van der Waals surface area contributed by atoms with Gasteiger partial charge in [-0.25, -0.2) is 18.7 Å². The van der Waals surface area contributed by atoms with E-state index in [-0.39, 0.29) is 6.04 Å². The maximum Gasteiger partial charge on any atom is 0.159 e. The Morgan fingerprint density at radius 1 is 1.16 bits per heavy atom. The molecule has 1 heterocycles. The summed E-state index contributed by atoms with van der Waals surface area (Å²) in [5.74, 6) is -1.40. The van der Waals surface area contributed by atoms with Crippen LogP contribution in [0.1, 0.15) is 18.3 Å². The number of aromatic nitrogens is 2. The largest absolute Gasteiger partial charge is 0.328 e. The summed E-state index contributed by atoms with van der Waals surface area (Å²) in [6.07, 6.45) is 0.611. The molecule has 3 nitrogen and oxygen atoms in total. The highest BCUT2D eigenvalue weighted by Crippen LogP contribution is 2.19. The zero-order chi connectivity index (χ0) is 14.0. The highest BCUT2D eigenvalue weighted by Gasteiger charge is 2.09. The van der Waals surface area contributed by atoms with Crippen LogP contribution in [0.15, 0.2) is 24.3 Å². The summed E-state index contributed by atoms with van der Waals surface area (Å²) in [5.41, 5.74) is 7.75. The third-order valence-corrected chi connectivity index (χ3v) is 2.62. The van der Waals surface area contributed by atoms with E-state index in [9.17, 15) is 8.78 Å². The van der Waals surface area contributed by atoms with Crippen LogP contribution < -0.4 is 5.73 Å². The van der Waals surface area contributed by atoms with Crippen LogP contribution in [0.3, 0.4) is 0 Å². The number of hydrogen-bond acceptors (Lipinski definition) is 3. The number of benzene rings is 1. The first-order valence-corrected chi connectivity index (χ1v) is 6.01. The van der Waals surface area contributed by atoms with Crippen LogP contribution in [-0.4, -0.2) is 16.0 Å². The second-order valence-electron chi connectivity index (χ2n) is 4.63. The van der Waals surface area contributed by atoms with Crippen molar-refractivity contribution in [2.75, 3.05) is 0 Å². The van der Waals surface area contributed by atoms with Crippen molar-refractivity contribution in [2.45, 2.75) is 26.3 Å². The fourth-order valence-corrected chi connectivity index (χ4v) is 1.83. The average Bonchev–Trinajstić information content (AvgIpc) is 2.31. The number of aryl methyl sites for hydroxylation is 1. The molecule has 2 aromatic rings. The van der Waals surface area contributed by atoms with Crippen molar-refractivity contribution in [1.82, 2.24) is 9.97 Å². The molecule has 5 heteroatoms. The molecule has 100 valence electrons. The van der Waals surface area contributed by atoms with E-state index >= 15 is 0 Å². The summed E-state index contributed by atoms with van der Waals surface area (Å²) in [7, 11) is 0. The Morgan fingerprint density at radius 2 is 1.89 bits per heavy atom. The molecule has 1 unspecified atom stereocenters. The third-order valence-electron chi connectivity index (χ3n) is 2.62. The highest BCUT2D eigenvalue weighted by atomic mass is 19.2. The van der Waals surface area contributed by atoms with Crippen molar-refractivity contribution in [3.8, 4) is 11.4 Å². The van der Waals surface area contributed by atoms with Crippen LogP contribution in [-0.2, 0) is 6.42 Å². The van der Waals surface area contributed by atoms with Gasteiger partial charge in [0, 0.05) is 29.4 Å². The van der Waals surface area contributed by atoms with Crippen molar-refractivity contribution >= 4 is 0 Å². The van der Waals surface area contributed by atoms with E-state index in [4.69, 9.17) is 5.73 Å². The van der Waals surface area contributed by atoms with Gasteiger partial charge in [0.05, 0.1) is 0 Å². The minimum absolute atomic E-state index is 0.0212. The van der Waals surface area contributed by atoms with Gasteiger partial charge in [-0.15, -0.1) is 0 Å². The molecule has 0 aliphatic carbocycles. The number of nitrogens with two attached hydrogens (primary N) is 1. The molecule has 0 radical (unpaired) electrons. The van der Waals surface area contributed by atoms with Gasteiger partial charge >= 0.3 is 0 Å². The normalized spacial score (nSPS) is 12.5. The molecular formula is C14H15F2N3. The summed E-state index contributed by atoms with van der Waals surface area (Å²) in [6.45, 7) is 3.71. The molecule has 0 aliphatic heterocycles. The van der Waals surface area contributed by atoms with Gasteiger partial charge in [0.2, 0.25) is 0 Å². The molecule has 0 saturated heterocycles. The van der Waals surface area contributed by atoms with E-state index in [1.807, 2.05) is 19.9 Å². The third kappa shape index (κ3) is 3.32. The zero-order valence-electron chi connectivity index (χ0n) is 10.8. The maximum absolute atomic E-state index is 13.2. The Hall–Kier alpha value is -1.88. The fourth-order valence-electron chi connectivity index (χ4n) is 1.83. The van der Waals surface area contributed by atoms with Crippen molar-refractivity contribution < 1.29 is 8.78 Å². The number of nitrogens with zero attached hydrogens (tertiary/aromatic N) is 2. The predicted octanol–water partition coefficient (Wildman–Crippen LogP) is 2.62. The summed E-state index contributed by atoms with van der Waals surface area (Å²) in [5, 5.41) is 0. The molecule has 1 aromatic heterocycles. The van der Waals surface area contributed by atoms with E-state index in [1.54, 1.807) is 0 Å². The SMILES string of the molecule is Cc1cc(CC(C)N)nc(-c2ccc(F)c(F)c2)n1. The van der Waals surface area contributed by atoms with Crippen LogP contribution in [0, 0.1) is 18.6 Å². The predicted molar refractivity (Wildman–Crippen MR) is 69.5 cm³/mol. The van der Waals surface area contributed by atoms with Gasteiger partial charge in [0.25, 0.3) is 0 Å². The second-order valence-corrected chi connectivity index (χ2v) is 4.63. The van der Waals surface area contributed by atoms with Gasteiger partial charge in [-0.3, -0.25) is 0 Å². The van der Waals surface area contributed by atoms with E-state index in [2.05, 4.69) is 9.97 Å². The average molecular weight is 263 g/mol. The Kier molecular flexibility index (Phi) is 3.85. The van der Waals surface area contributed by atoms with Gasteiger partial charge in [-0.1, -0.05) is 0 Å². The molecule has 0 amide bonds. The van der Waals surface area contributed by atoms with Crippen molar-refractivity contribution in [1.29, 1.82) is 0 Å². The molecule has 0 spiro atoms. The van der Waals surface area contributed by atoms with Gasteiger partial charge in [0.15, 0.2) is 17.5 Å². The fraction of sp³-hybridized carbons (Fsp3) is 0.286. The first kappa shape index (κ1) is 13.5. The molecule has 19 heavy (non-hydrogen) atoms. The monoisotopic (exact) mass is 263 g/mol. The highest BCUT2D eigenvalue weighted by molar-refractivity contribution is 5.55. The summed E-state index contributed by atoms with van der Waals surface area (Å²) < 4.78 is 26.1. The van der Waals surface area contributed by atoms with Crippen molar-refractivity contribution in [2.24, 2.45) is 5.73 Å². The first-order chi connectivity index (χ1) is 8.95.